The van der Waals surface area contributed by atoms with E-state index in [1.54, 1.807) is 0 Å². The van der Waals surface area contributed by atoms with Gasteiger partial charge in [-0.05, 0) is 45.1 Å². The maximum atomic E-state index is 4.15. The van der Waals surface area contributed by atoms with Gasteiger partial charge in [0.15, 0.2) is 0 Å². The van der Waals surface area contributed by atoms with Crippen LogP contribution in [0.3, 0.4) is 0 Å². The lowest BCUT2D eigenvalue weighted by Gasteiger charge is -2.17. The Bertz CT molecular complexity index is 162. The molecular weight excluding hydrogens is 146 g/mol. The van der Waals surface area contributed by atoms with Gasteiger partial charge in [0.05, 0.1) is 0 Å². The summed E-state index contributed by atoms with van der Waals surface area (Å²) in [5.41, 5.74) is 1.48. The molecule has 0 spiro atoms. The van der Waals surface area contributed by atoms with Crippen LogP contribution in [-0.4, -0.2) is 13.1 Å². The highest BCUT2D eigenvalue weighted by Crippen LogP contribution is 2.38. The monoisotopic (exact) mass is 167 g/mol. The Morgan fingerprint density at radius 2 is 2.33 bits per heavy atom. The first-order valence-corrected chi connectivity index (χ1v) is 5.04. The molecule has 0 amide bonds. The molecule has 1 heteroatoms. The minimum atomic E-state index is 0.651. The normalized spacial score (nSPS) is 32.4. The van der Waals surface area contributed by atoms with Crippen molar-refractivity contribution in [2.45, 2.75) is 39.2 Å². The van der Waals surface area contributed by atoms with Crippen LogP contribution in [0.25, 0.3) is 0 Å². The maximum Gasteiger partial charge on any atom is 0.00672 e. The second-order valence-corrected chi connectivity index (χ2v) is 4.04. The van der Waals surface area contributed by atoms with Gasteiger partial charge in [-0.25, -0.2) is 0 Å². The number of hydrogen-bond donors (Lipinski definition) is 1. The van der Waals surface area contributed by atoms with Crippen LogP contribution in [0.2, 0.25) is 0 Å². The third-order valence-corrected chi connectivity index (χ3v) is 3.34. The Labute approximate surface area is 76.2 Å². The van der Waals surface area contributed by atoms with E-state index in [4.69, 9.17) is 0 Å². The van der Waals surface area contributed by atoms with Gasteiger partial charge < -0.3 is 5.32 Å². The molecule has 3 atom stereocenters. The Kier molecular flexibility index (Phi) is 3.33. The molecule has 0 radical (unpaired) electrons. The van der Waals surface area contributed by atoms with Crippen molar-refractivity contribution < 1.29 is 0 Å². The minimum Gasteiger partial charge on any atom is -0.317 e. The Morgan fingerprint density at radius 3 is 2.75 bits per heavy atom. The summed E-state index contributed by atoms with van der Waals surface area (Å²) in [5.74, 6) is 1.62. The van der Waals surface area contributed by atoms with Crippen LogP contribution >= 0.6 is 0 Å². The summed E-state index contributed by atoms with van der Waals surface area (Å²) < 4.78 is 0. The second-order valence-electron chi connectivity index (χ2n) is 4.04. The van der Waals surface area contributed by atoms with Gasteiger partial charge >= 0.3 is 0 Å². The largest absolute Gasteiger partial charge is 0.317 e. The fourth-order valence-electron chi connectivity index (χ4n) is 2.19. The van der Waals surface area contributed by atoms with Gasteiger partial charge in [-0.1, -0.05) is 19.1 Å². The van der Waals surface area contributed by atoms with Crippen molar-refractivity contribution in [2.75, 3.05) is 7.05 Å². The molecular formula is C11H21N. The van der Waals surface area contributed by atoms with Crippen molar-refractivity contribution in [3.8, 4) is 0 Å². The molecule has 0 aromatic heterocycles. The van der Waals surface area contributed by atoms with Crippen LogP contribution < -0.4 is 5.32 Å². The summed E-state index contributed by atoms with van der Waals surface area (Å²) in [6.45, 7) is 8.69. The quantitative estimate of drug-likeness (QED) is 0.637. The van der Waals surface area contributed by atoms with E-state index in [-0.39, 0.29) is 0 Å². The molecule has 0 saturated heterocycles. The summed E-state index contributed by atoms with van der Waals surface area (Å²) in [5, 5.41) is 3.33. The second kappa shape index (κ2) is 4.08. The maximum absolute atomic E-state index is 4.15. The van der Waals surface area contributed by atoms with Gasteiger partial charge in [0.2, 0.25) is 0 Å². The van der Waals surface area contributed by atoms with E-state index in [0.29, 0.717) is 6.04 Å². The summed E-state index contributed by atoms with van der Waals surface area (Å²) in [6, 6.07) is 0.651. The van der Waals surface area contributed by atoms with Crippen molar-refractivity contribution in [1.82, 2.24) is 5.32 Å². The molecule has 1 rings (SSSR count). The third kappa shape index (κ3) is 1.89. The summed E-state index contributed by atoms with van der Waals surface area (Å²) >= 11 is 0. The average Bonchev–Trinajstić information content (AvgIpc) is 2.45. The van der Waals surface area contributed by atoms with E-state index >= 15 is 0 Å². The van der Waals surface area contributed by atoms with E-state index in [9.17, 15) is 0 Å². The molecule has 1 saturated carbocycles. The van der Waals surface area contributed by atoms with E-state index in [1.807, 2.05) is 7.05 Å². The van der Waals surface area contributed by atoms with Gasteiger partial charge in [-0.15, -0.1) is 0 Å². The summed E-state index contributed by atoms with van der Waals surface area (Å²) in [4.78, 5) is 0. The standard InChI is InChI=1S/C11H21N/c1-5-10-7-11(6-8(10)2)9(3)12-4/h9-12H,2,5-7H2,1,3-4H3. The zero-order valence-corrected chi connectivity index (χ0v) is 8.56. The topological polar surface area (TPSA) is 12.0 Å². The van der Waals surface area contributed by atoms with Gasteiger partial charge in [0, 0.05) is 6.04 Å². The lowest BCUT2D eigenvalue weighted by Crippen LogP contribution is -2.28. The first-order chi connectivity index (χ1) is 5.69. The van der Waals surface area contributed by atoms with Crippen LogP contribution in [0.4, 0.5) is 0 Å². The molecule has 0 bridgehead atoms. The molecule has 3 unspecified atom stereocenters. The molecule has 1 nitrogen and oxygen atoms in total. The zero-order valence-electron chi connectivity index (χ0n) is 8.56. The predicted octanol–water partition coefficient (Wildman–Crippen LogP) is 2.59. The van der Waals surface area contributed by atoms with Crippen molar-refractivity contribution >= 4 is 0 Å². The third-order valence-electron chi connectivity index (χ3n) is 3.34. The number of nitrogens with one attached hydrogen (secondary N) is 1. The van der Waals surface area contributed by atoms with Crippen molar-refractivity contribution in [2.24, 2.45) is 11.8 Å². The van der Waals surface area contributed by atoms with Crippen LogP contribution in [0.5, 0.6) is 0 Å². The molecule has 0 heterocycles. The van der Waals surface area contributed by atoms with Gasteiger partial charge in [0.25, 0.3) is 0 Å². The molecule has 0 aromatic carbocycles. The highest BCUT2D eigenvalue weighted by atomic mass is 14.9. The minimum absolute atomic E-state index is 0.651. The highest BCUT2D eigenvalue weighted by molar-refractivity contribution is 5.09. The fraction of sp³-hybridized carbons (Fsp3) is 0.818. The SMILES string of the molecule is C=C1CC(C(C)NC)CC1CC. The van der Waals surface area contributed by atoms with E-state index < -0.39 is 0 Å². The lowest BCUT2D eigenvalue weighted by molar-refractivity contribution is 0.385. The molecule has 1 aliphatic rings. The van der Waals surface area contributed by atoms with Crippen LogP contribution in [0.15, 0.2) is 12.2 Å². The van der Waals surface area contributed by atoms with E-state index in [2.05, 4.69) is 25.7 Å². The Morgan fingerprint density at radius 1 is 1.67 bits per heavy atom. The smallest absolute Gasteiger partial charge is 0.00672 e. The summed E-state index contributed by atoms with van der Waals surface area (Å²) in [7, 11) is 2.05. The lowest BCUT2D eigenvalue weighted by atomic mass is 9.97. The molecule has 12 heavy (non-hydrogen) atoms. The van der Waals surface area contributed by atoms with Gasteiger partial charge in [-0.2, -0.15) is 0 Å². The number of allylic oxidation sites excluding steroid dienone is 1. The zero-order chi connectivity index (χ0) is 9.14. The Balaban J connectivity index is 2.48. The van der Waals surface area contributed by atoms with Gasteiger partial charge in [0.1, 0.15) is 0 Å². The van der Waals surface area contributed by atoms with E-state index in [0.717, 1.165) is 11.8 Å². The molecule has 1 N–H and O–H groups in total. The molecule has 0 aromatic rings. The average molecular weight is 167 g/mol. The molecule has 0 aliphatic heterocycles. The summed E-state index contributed by atoms with van der Waals surface area (Å²) in [6.07, 6.45) is 3.85. The number of hydrogen-bond acceptors (Lipinski definition) is 1. The molecule has 1 aliphatic carbocycles. The van der Waals surface area contributed by atoms with Crippen LogP contribution in [0, 0.1) is 11.8 Å². The highest BCUT2D eigenvalue weighted by Gasteiger charge is 2.29. The Hall–Kier alpha value is -0.300. The van der Waals surface area contributed by atoms with E-state index in [1.165, 1.54) is 24.8 Å². The first-order valence-electron chi connectivity index (χ1n) is 5.04. The predicted molar refractivity (Wildman–Crippen MR) is 54.2 cm³/mol. The molecule has 70 valence electrons. The number of rotatable bonds is 3. The van der Waals surface area contributed by atoms with Crippen LogP contribution in [-0.2, 0) is 0 Å². The fourth-order valence-corrected chi connectivity index (χ4v) is 2.19. The van der Waals surface area contributed by atoms with Crippen molar-refractivity contribution in [1.29, 1.82) is 0 Å². The van der Waals surface area contributed by atoms with Crippen molar-refractivity contribution in [3.05, 3.63) is 12.2 Å². The first kappa shape index (κ1) is 9.79. The van der Waals surface area contributed by atoms with Crippen molar-refractivity contribution in [3.63, 3.8) is 0 Å². The van der Waals surface area contributed by atoms with Gasteiger partial charge in [-0.3, -0.25) is 0 Å². The van der Waals surface area contributed by atoms with Crippen LogP contribution in [0.1, 0.15) is 33.1 Å². The molecule has 1 fully saturated rings.